The maximum Gasteiger partial charge on any atom is 0.257 e. The van der Waals surface area contributed by atoms with Gasteiger partial charge in [0.05, 0.1) is 23.0 Å². The molecule has 4 rings (SSSR count). The molecule has 1 aliphatic heterocycles. The van der Waals surface area contributed by atoms with Crippen molar-refractivity contribution in [1.29, 1.82) is 0 Å². The maximum absolute atomic E-state index is 13.7. The van der Waals surface area contributed by atoms with Gasteiger partial charge in [0.2, 0.25) is 0 Å². The SMILES string of the molecule is Cc1nn(-c2ccccc2)cc1C(=O)N1CCc2ccc(F)cc2C1C. The average Bonchev–Trinajstić information content (AvgIpc) is 3.04. The summed E-state index contributed by atoms with van der Waals surface area (Å²) in [5, 5.41) is 4.49. The molecule has 0 saturated carbocycles. The number of benzene rings is 2. The van der Waals surface area contributed by atoms with Gasteiger partial charge in [0.25, 0.3) is 5.91 Å². The van der Waals surface area contributed by atoms with Crippen molar-refractivity contribution < 1.29 is 9.18 Å². The van der Waals surface area contributed by atoms with Crippen molar-refractivity contribution in [2.24, 2.45) is 0 Å². The summed E-state index contributed by atoms with van der Waals surface area (Å²) < 4.78 is 15.4. The summed E-state index contributed by atoms with van der Waals surface area (Å²) in [7, 11) is 0. The van der Waals surface area contributed by atoms with Gasteiger partial charge in [-0.05, 0) is 55.7 Å². The third-order valence-electron chi connectivity index (χ3n) is 5.06. The van der Waals surface area contributed by atoms with E-state index in [1.54, 1.807) is 21.8 Å². The van der Waals surface area contributed by atoms with E-state index in [0.717, 1.165) is 23.2 Å². The van der Waals surface area contributed by atoms with Crippen LogP contribution in [0.2, 0.25) is 0 Å². The Morgan fingerprint density at radius 3 is 2.73 bits per heavy atom. The number of aromatic nitrogens is 2. The highest BCUT2D eigenvalue weighted by molar-refractivity contribution is 5.95. The normalized spacial score (nSPS) is 16.4. The number of hydrogen-bond acceptors (Lipinski definition) is 2. The first-order valence-electron chi connectivity index (χ1n) is 8.75. The van der Waals surface area contributed by atoms with Crippen LogP contribution in [0.1, 0.15) is 40.1 Å². The number of rotatable bonds is 2. The number of hydrogen-bond donors (Lipinski definition) is 0. The molecule has 1 unspecified atom stereocenters. The molecule has 2 heterocycles. The summed E-state index contributed by atoms with van der Waals surface area (Å²) in [4.78, 5) is 15.0. The Bertz CT molecular complexity index is 965. The summed E-state index contributed by atoms with van der Waals surface area (Å²) >= 11 is 0. The molecular weight excluding hydrogens is 329 g/mol. The monoisotopic (exact) mass is 349 g/mol. The van der Waals surface area contributed by atoms with Crippen LogP contribution in [0.5, 0.6) is 0 Å². The quantitative estimate of drug-likeness (QED) is 0.699. The molecule has 2 aromatic carbocycles. The lowest BCUT2D eigenvalue weighted by Crippen LogP contribution is -2.39. The van der Waals surface area contributed by atoms with Crippen molar-refractivity contribution in [3.63, 3.8) is 0 Å². The summed E-state index contributed by atoms with van der Waals surface area (Å²) in [5.41, 5.74) is 4.18. The molecule has 0 bridgehead atoms. The lowest BCUT2D eigenvalue weighted by Gasteiger charge is -2.35. The number of halogens is 1. The Hall–Kier alpha value is -2.95. The molecule has 0 radical (unpaired) electrons. The van der Waals surface area contributed by atoms with E-state index >= 15 is 0 Å². The van der Waals surface area contributed by atoms with Crippen LogP contribution in [-0.4, -0.2) is 27.1 Å². The fraction of sp³-hybridized carbons (Fsp3) is 0.238. The fourth-order valence-corrected chi connectivity index (χ4v) is 3.60. The molecule has 1 amide bonds. The Labute approximate surface area is 151 Å². The first-order valence-corrected chi connectivity index (χ1v) is 8.75. The van der Waals surface area contributed by atoms with E-state index in [1.807, 2.05) is 50.2 Å². The van der Waals surface area contributed by atoms with Crippen molar-refractivity contribution >= 4 is 5.91 Å². The lowest BCUT2D eigenvalue weighted by molar-refractivity contribution is 0.0676. The van der Waals surface area contributed by atoms with Crippen molar-refractivity contribution in [2.45, 2.75) is 26.3 Å². The molecule has 0 aliphatic carbocycles. The third-order valence-corrected chi connectivity index (χ3v) is 5.06. The molecule has 3 aromatic rings. The van der Waals surface area contributed by atoms with Gasteiger partial charge >= 0.3 is 0 Å². The van der Waals surface area contributed by atoms with E-state index in [1.165, 1.54) is 6.07 Å². The number of carbonyl (C=O) groups is 1. The minimum atomic E-state index is -0.266. The van der Waals surface area contributed by atoms with Crippen LogP contribution in [0, 0.1) is 12.7 Å². The average molecular weight is 349 g/mol. The first kappa shape index (κ1) is 16.5. The van der Waals surface area contributed by atoms with Gasteiger partial charge < -0.3 is 4.90 Å². The van der Waals surface area contributed by atoms with Crippen LogP contribution in [0.4, 0.5) is 4.39 Å². The third kappa shape index (κ3) is 2.79. The van der Waals surface area contributed by atoms with Gasteiger partial charge in [0.1, 0.15) is 5.82 Å². The van der Waals surface area contributed by atoms with Crippen LogP contribution in [0.25, 0.3) is 5.69 Å². The highest BCUT2D eigenvalue weighted by Crippen LogP contribution is 2.31. The molecule has 1 atom stereocenters. The second-order valence-corrected chi connectivity index (χ2v) is 6.68. The van der Waals surface area contributed by atoms with Crippen molar-refractivity contribution in [1.82, 2.24) is 14.7 Å². The molecule has 0 spiro atoms. The number of para-hydroxylation sites is 1. The van der Waals surface area contributed by atoms with Gasteiger partial charge in [-0.15, -0.1) is 0 Å². The Kier molecular flexibility index (Phi) is 4.07. The van der Waals surface area contributed by atoms with Crippen molar-refractivity contribution in [3.05, 3.63) is 82.9 Å². The van der Waals surface area contributed by atoms with Gasteiger partial charge in [-0.2, -0.15) is 5.10 Å². The zero-order chi connectivity index (χ0) is 18.3. The van der Waals surface area contributed by atoms with Crippen LogP contribution in [0.15, 0.2) is 54.7 Å². The summed E-state index contributed by atoms with van der Waals surface area (Å²) in [6, 6.07) is 14.4. The highest BCUT2D eigenvalue weighted by atomic mass is 19.1. The van der Waals surface area contributed by atoms with Crippen LogP contribution < -0.4 is 0 Å². The van der Waals surface area contributed by atoms with E-state index < -0.39 is 0 Å². The summed E-state index contributed by atoms with van der Waals surface area (Å²) in [6.07, 6.45) is 2.51. The molecule has 0 saturated heterocycles. The molecule has 0 N–H and O–H groups in total. The predicted octanol–water partition coefficient (Wildman–Crippen LogP) is 4.08. The summed E-state index contributed by atoms with van der Waals surface area (Å²) in [5.74, 6) is -0.329. The minimum Gasteiger partial charge on any atom is -0.331 e. The van der Waals surface area contributed by atoms with E-state index in [-0.39, 0.29) is 17.8 Å². The van der Waals surface area contributed by atoms with E-state index in [9.17, 15) is 9.18 Å². The van der Waals surface area contributed by atoms with Crippen LogP contribution in [0.3, 0.4) is 0 Å². The zero-order valence-electron chi connectivity index (χ0n) is 14.8. The van der Waals surface area contributed by atoms with Crippen LogP contribution in [-0.2, 0) is 6.42 Å². The van der Waals surface area contributed by atoms with Gasteiger partial charge in [0.15, 0.2) is 0 Å². The second-order valence-electron chi connectivity index (χ2n) is 6.68. The minimum absolute atomic E-state index is 0.0629. The summed E-state index contributed by atoms with van der Waals surface area (Å²) in [6.45, 7) is 4.41. The predicted molar refractivity (Wildman–Crippen MR) is 97.9 cm³/mol. The zero-order valence-corrected chi connectivity index (χ0v) is 14.8. The highest BCUT2D eigenvalue weighted by Gasteiger charge is 2.30. The first-order chi connectivity index (χ1) is 12.5. The van der Waals surface area contributed by atoms with E-state index in [0.29, 0.717) is 17.8 Å². The van der Waals surface area contributed by atoms with Crippen molar-refractivity contribution in [2.75, 3.05) is 6.54 Å². The largest absolute Gasteiger partial charge is 0.331 e. The number of fused-ring (bicyclic) bond motifs is 1. The Morgan fingerprint density at radius 1 is 1.19 bits per heavy atom. The van der Waals surface area contributed by atoms with Gasteiger partial charge in [-0.3, -0.25) is 4.79 Å². The molecular formula is C21H20FN3O. The number of amides is 1. The van der Waals surface area contributed by atoms with Gasteiger partial charge in [-0.25, -0.2) is 9.07 Å². The van der Waals surface area contributed by atoms with E-state index in [4.69, 9.17) is 0 Å². The van der Waals surface area contributed by atoms with Gasteiger partial charge in [0, 0.05) is 12.7 Å². The van der Waals surface area contributed by atoms with E-state index in [2.05, 4.69) is 5.10 Å². The van der Waals surface area contributed by atoms with Crippen LogP contribution >= 0.6 is 0 Å². The number of carbonyl (C=O) groups excluding carboxylic acids is 1. The topological polar surface area (TPSA) is 38.1 Å². The second kappa shape index (κ2) is 6.41. The Morgan fingerprint density at radius 2 is 1.96 bits per heavy atom. The molecule has 4 nitrogen and oxygen atoms in total. The molecule has 26 heavy (non-hydrogen) atoms. The number of nitrogens with zero attached hydrogens (tertiary/aromatic N) is 3. The van der Waals surface area contributed by atoms with Gasteiger partial charge in [-0.1, -0.05) is 24.3 Å². The maximum atomic E-state index is 13.7. The molecule has 132 valence electrons. The molecule has 1 aliphatic rings. The Balaban J connectivity index is 1.65. The van der Waals surface area contributed by atoms with Crippen molar-refractivity contribution in [3.8, 4) is 5.69 Å². The smallest absolute Gasteiger partial charge is 0.257 e. The molecule has 5 heteroatoms. The standard InChI is InChI=1S/C21H20FN3O/c1-14-20(13-25(23-14)18-6-4-3-5-7-18)21(26)24-11-10-16-8-9-17(22)12-19(16)15(24)2/h3-9,12-13,15H,10-11H2,1-2H3. The lowest BCUT2D eigenvalue weighted by atomic mass is 9.93. The fourth-order valence-electron chi connectivity index (χ4n) is 3.60. The number of aryl methyl sites for hydroxylation is 1. The molecule has 1 aromatic heterocycles. The molecule has 0 fully saturated rings.